The monoisotopic (exact) mass is 442 g/mol. The van der Waals surface area contributed by atoms with Crippen LogP contribution in [-0.4, -0.2) is 65.9 Å². The number of morpholine rings is 1. The van der Waals surface area contributed by atoms with Crippen molar-refractivity contribution in [3.8, 4) is 11.3 Å². The van der Waals surface area contributed by atoms with E-state index < -0.39 is 17.0 Å². The molecule has 5 rings (SSSR count). The predicted molar refractivity (Wildman–Crippen MR) is 115 cm³/mol. The molecule has 3 atom stereocenters. The van der Waals surface area contributed by atoms with Crippen molar-refractivity contribution in [1.82, 2.24) is 20.0 Å². The molecule has 2 heterocycles. The molecule has 2 amide bonds. The average Bonchev–Trinajstić information content (AvgIpc) is 3.14. The van der Waals surface area contributed by atoms with Gasteiger partial charge in [0, 0.05) is 32.6 Å². The molecule has 1 aromatic carbocycles. The molecule has 1 saturated carbocycles. The summed E-state index contributed by atoms with van der Waals surface area (Å²) < 4.78 is 35.1. The Hall–Kier alpha value is -2.61. The fraction of sp³-hybridized carbons (Fsp3) is 0.542. The third-order valence-corrected chi connectivity index (χ3v) is 7.96. The van der Waals surface area contributed by atoms with Gasteiger partial charge in [0.2, 0.25) is 0 Å². The number of nitrogens with zero attached hydrogens (tertiary/aromatic N) is 4. The fourth-order valence-corrected chi connectivity index (χ4v) is 6.35. The first-order chi connectivity index (χ1) is 15.2. The van der Waals surface area contributed by atoms with E-state index in [-0.39, 0.29) is 34.7 Å². The lowest BCUT2D eigenvalue weighted by atomic mass is 9.64. The molecule has 2 fully saturated rings. The molecule has 2 aromatic rings. The van der Waals surface area contributed by atoms with E-state index in [4.69, 9.17) is 4.74 Å². The number of aromatic nitrogens is 2. The third kappa shape index (κ3) is 2.74. The van der Waals surface area contributed by atoms with Gasteiger partial charge < -0.3 is 14.5 Å². The Morgan fingerprint density at radius 1 is 1.22 bits per heavy atom. The number of carbonyl (C=O) groups excluding carboxylic acids is 1. The van der Waals surface area contributed by atoms with Crippen molar-refractivity contribution in [3.05, 3.63) is 47.2 Å². The summed E-state index contributed by atoms with van der Waals surface area (Å²) in [6.45, 7) is 5.93. The van der Waals surface area contributed by atoms with Gasteiger partial charge in [-0.2, -0.15) is 10.2 Å². The summed E-state index contributed by atoms with van der Waals surface area (Å²) in [5, 5.41) is 8.85. The van der Waals surface area contributed by atoms with Crippen LogP contribution in [0, 0.1) is 17.0 Å². The van der Waals surface area contributed by atoms with Crippen molar-refractivity contribution in [1.29, 1.82) is 0 Å². The van der Waals surface area contributed by atoms with E-state index in [1.165, 1.54) is 18.2 Å². The summed E-state index contributed by atoms with van der Waals surface area (Å²) in [4.78, 5) is 16.0. The third-order valence-electron chi connectivity index (χ3n) is 7.96. The second-order valence-electron chi connectivity index (χ2n) is 9.90. The summed E-state index contributed by atoms with van der Waals surface area (Å²) in [7, 11) is 3.50. The second-order valence-corrected chi connectivity index (χ2v) is 9.90. The van der Waals surface area contributed by atoms with Crippen molar-refractivity contribution < 1.29 is 18.3 Å². The zero-order valence-electron chi connectivity index (χ0n) is 18.9. The van der Waals surface area contributed by atoms with E-state index in [1.807, 2.05) is 11.0 Å². The summed E-state index contributed by atoms with van der Waals surface area (Å²) in [5.74, 6) is -1.11. The van der Waals surface area contributed by atoms with Gasteiger partial charge in [0.25, 0.3) is 0 Å². The van der Waals surface area contributed by atoms with Crippen LogP contribution in [0.2, 0.25) is 0 Å². The van der Waals surface area contributed by atoms with Gasteiger partial charge in [-0.15, -0.1) is 0 Å². The van der Waals surface area contributed by atoms with Crippen LogP contribution in [0.3, 0.4) is 0 Å². The number of rotatable bonds is 2. The lowest BCUT2D eigenvalue weighted by molar-refractivity contribution is -0.0835. The van der Waals surface area contributed by atoms with Crippen molar-refractivity contribution >= 4 is 6.03 Å². The van der Waals surface area contributed by atoms with Gasteiger partial charge in [0.15, 0.2) is 0 Å². The van der Waals surface area contributed by atoms with Gasteiger partial charge in [-0.1, -0.05) is 19.9 Å². The van der Waals surface area contributed by atoms with E-state index in [1.54, 1.807) is 19.0 Å². The molecule has 1 aromatic heterocycles. The highest BCUT2D eigenvalue weighted by Crippen LogP contribution is 2.69. The van der Waals surface area contributed by atoms with Crippen LogP contribution in [0.4, 0.5) is 13.6 Å². The van der Waals surface area contributed by atoms with Gasteiger partial charge in [-0.25, -0.2) is 13.6 Å². The van der Waals surface area contributed by atoms with Crippen molar-refractivity contribution in [2.24, 2.45) is 5.41 Å². The molecule has 1 saturated heterocycles. The smallest absolute Gasteiger partial charge is 0.319 e. The second kappa shape index (κ2) is 7.20. The Kier molecular flexibility index (Phi) is 4.78. The first-order valence-corrected chi connectivity index (χ1v) is 11.1. The van der Waals surface area contributed by atoms with E-state index >= 15 is 0 Å². The Morgan fingerprint density at radius 2 is 1.94 bits per heavy atom. The molecule has 32 heavy (non-hydrogen) atoms. The molecule has 2 aliphatic carbocycles. The Labute approximate surface area is 186 Å². The van der Waals surface area contributed by atoms with E-state index in [2.05, 4.69) is 24.0 Å². The normalized spacial score (nSPS) is 28.0. The largest absolute Gasteiger partial charge is 0.374 e. The van der Waals surface area contributed by atoms with Crippen molar-refractivity contribution in [2.75, 3.05) is 33.8 Å². The standard InChI is InChI=1S/C24H28F2N4O2/c1-23(2)15-8-9-24(23,19-13-30(10-11-32-19)22(31)29(3)4)21-14(15)12-18(27-28-21)20-16(25)6-5-7-17(20)26/h5-7,12,15,19H,8-11,13H2,1-4H3/t15-,19-,24-/m0/s1. The summed E-state index contributed by atoms with van der Waals surface area (Å²) in [5.41, 5.74) is 1.32. The van der Waals surface area contributed by atoms with Crippen molar-refractivity contribution in [3.63, 3.8) is 0 Å². The SMILES string of the molecule is CN(C)C(=O)N1CCO[C@H]([C@@]23CC[C@@H](c4cc(-c5c(F)cccc5F)nnc42)C3(C)C)C1. The first kappa shape index (κ1) is 21.2. The number of hydrogen-bond donors (Lipinski definition) is 0. The number of fused-ring (bicyclic) bond motifs is 5. The number of hydrogen-bond acceptors (Lipinski definition) is 4. The number of ether oxygens (including phenoxy) is 1. The predicted octanol–water partition coefficient (Wildman–Crippen LogP) is 3.96. The molecule has 2 bridgehead atoms. The molecule has 0 N–H and O–H groups in total. The zero-order chi connectivity index (χ0) is 22.8. The maximum Gasteiger partial charge on any atom is 0.319 e. The minimum Gasteiger partial charge on any atom is -0.374 e. The molecular weight excluding hydrogens is 414 g/mol. The van der Waals surface area contributed by atoms with Gasteiger partial charge in [-0.05, 0) is 47.9 Å². The van der Waals surface area contributed by atoms with Gasteiger partial charge in [0.1, 0.15) is 11.6 Å². The van der Waals surface area contributed by atoms with Crippen LogP contribution < -0.4 is 0 Å². The molecular formula is C24H28F2N4O2. The van der Waals surface area contributed by atoms with Crippen LogP contribution in [-0.2, 0) is 10.2 Å². The summed E-state index contributed by atoms with van der Waals surface area (Å²) in [6.07, 6.45) is 1.60. The van der Waals surface area contributed by atoms with Gasteiger partial charge >= 0.3 is 6.03 Å². The van der Waals surface area contributed by atoms with E-state index in [0.29, 0.717) is 19.7 Å². The fourth-order valence-electron chi connectivity index (χ4n) is 6.35. The highest BCUT2D eigenvalue weighted by atomic mass is 19.1. The molecule has 8 heteroatoms. The summed E-state index contributed by atoms with van der Waals surface area (Å²) >= 11 is 0. The number of halogens is 2. The van der Waals surface area contributed by atoms with Crippen LogP contribution in [0.25, 0.3) is 11.3 Å². The molecule has 1 aliphatic heterocycles. The number of urea groups is 1. The summed E-state index contributed by atoms with van der Waals surface area (Å²) in [6, 6.07) is 5.59. The minimum atomic E-state index is -0.648. The maximum atomic E-state index is 14.4. The van der Waals surface area contributed by atoms with Crippen LogP contribution in [0.15, 0.2) is 24.3 Å². The van der Waals surface area contributed by atoms with Crippen molar-refractivity contribution in [2.45, 2.75) is 44.1 Å². The van der Waals surface area contributed by atoms with Crippen LogP contribution >= 0.6 is 0 Å². The van der Waals surface area contributed by atoms with Crippen LogP contribution in [0.1, 0.15) is 43.9 Å². The highest BCUT2D eigenvalue weighted by Gasteiger charge is 2.67. The molecule has 3 aliphatic rings. The van der Waals surface area contributed by atoms with E-state index in [0.717, 1.165) is 24.1 Å². The average molecular weight is 443 g/mol. The zero-order valence-corrected chi connectivity index (χ0v) is 18.9. The Morgan fingerprint density at radius 3 is 2.62 bits per heavy atom. The molecule has 6 nitrogen and oxygen atoms in total. The van der Waals surface area contributed by atoms with E-state index in [9.17, 15) is 13.6 Å². The first-order valence-electron chi connectivity index (χ1n) is 11.1. The number of benzene rings is 1. The van der Waals surface area contributed by atoms with Crippen LogP contribution in [0.5, 0.6) is 0 Å². The molecule has 0 spiro atoms. The lowest BCUT2D eigenvalue weighted by Crippen LogP contribution is -2.58. The molecule has 0 unspecified atom stereocenters. The maximum absolute atomic E-state index is 14.4. The molecule has 0 radical (unpaired) electrons. The minimum absolute atomic E-state index is 0.0308. The highest BCUT2D eigenvalue weighted by molar-refractivity contribution is 5.74. The Balaban J connectivity index is 1.58. The Bertz CT molecular complexity index is 1070. The quantitative estimate of drug-likeness (QED) is 0.707. The number of carbonyl (C=O) groups is 1. The topological polar surface area (TPSA) is 58.6 Å². The lowest BCUT2D eigenvalue weighted by Gasteiger charge is -2.47. The molecule has 170 valence electrons. The van der Waals surface area contributed by atoms with Gasteiger partial charge in [0.05, 0.1) is 29.7 Å². The number of amides is 2. The van der Waals surface area contributed by atoms with Gasteiger partial charge in [-0.3, -0.25) is 0 Å².